The van der Waals surface area contributed by atoms with Crippen molar-refractivity contribution in [2.75, 3.05) is 13.1 Å². The van der Waals surface area contributed by atoms with Gasteiger partial charge < -0.3 is 0 Å². The fourth-order valence-electron chi connectivity index (χ4n) is 4.16. The Labute approximate surface area is 183 Å². The number of hydrogen-bond acceptors (Lipinski definition) is 3. The standard InChI is InChI=1S/C24H25ClN2O2S/c25-22-9-5-20(6-10-22)24-4-2-1-3-21(24)17-27-15-13-19(14-16-27)18-7-11-23(12-8-18)30(26,28)29/h1-12,19H,13-17H2,(H2,26,28,29). The zero-order valence-electron chi connectivity index (χ0n) is 16.7. The number of likely N-dealkylation sites (tertiary alicyclic amines) is 1. The van der Waals surface area contributed by atoms with Crippen LogP contribution in [0.15, 0.2) is 77.7 Å². The van der Waals surface area contributed by atoms with Crippen molar-refractivity contribution >= 4 is 21.6 Å². The fourth-order valence-corrected chi connectivity index (χ4v) is 4.81. The third kappa shape index (κ3) is 4.93. The molecule has 156 valence electrons. The molecule has 1 heterocycles. The van der Waals surface area contributed by atoms with E-state index in [0.29, 0.717) is 5.92 Å². The highest BCUT2D eigenvalue weighted by Gasteiger charge is 2.22. The Kier molecular flexibility index (Phi) is 6.25. The molecule has 30 heavy (non-hydrogen) atoms. The van der Waals surface area contributed by atoms with Crippen molar-refractivity contribution < 1.29 is 8.42 Å². The van der Waals surface area contributed by atoms with Gasteiger partial charge in [0, 0.05) is 11.6 Å². The van der Waals surface area contributed by atoms with Crippen LogP contribution in [0.2, 0.25) is 5.02 Å². The van der Waals surface area contributed by atoms with E-state index < -0.39 is 10.0 Å². The van der Waals surface area contributed by atoms with E-state index in [2.05, 4.69) is 41.3 Å². The number of nitrogens with zero attached hydrogens (tertiary/aromatic N) is 1. The first-order chi connectivity index (χ1) is 14.4. The predicted molar refractivity (Wildman–Crippen MR) is 122 cm³/mol. The van der Waals surface area contributed by atoms with Crippen LogP contribution >= 0.6 is 11.6 Å². The van der Waals surface area contributed by atoms with E-state index >= 15 is 0 Å². The molecule has 3 aromatic rings. The molecule has 3 aromatic carbocycles. The summed E-state index contributed by atoms with van der Waals surface area (Å²) in [6.45, 7) is 2.93. The summed E-state index contributed by atoms with van der Waals surface area (Å²) in [6.07, 6.45) is 2.11. The van der Waals surface area contributed by atoms with Crippen molar-refractivity contribution in [1.29, 1.82) is 0 Å². The van der Waals surface area contributed by atoms with E-state index in [-0.39, 0.29) is 4.90 Å². The van der Waals surface area contributed by atoms with Crippen LogP contribution in [-0.2, 0) is 16.6 Å². The van der Waals surface area contributed by atoms with Gasteiger partial charge in [-0.1, -0.05) is 60.1 Å². The van der Waals surface area contributed by atoms with Crippen LogP contribution in [-0.4, -0.2) is 26.4 Å². The lowest BCUT2D eigenvalue weighted by Crippen LogP contribution is -2.32. The smallest absolute Gasteiger partial charge is 0.238 e. The molecule has 4 nitrogen and oxygen atoms in total. The molecule has 4 rings (SSSR count). The highest BCUT2D eigenvalue weighted by Crippen LogP contribution is 2.31. The van der Waals surface area contributed by atoms with Crippen LogP contribution in [0.4, 0.5) is 0 Å². The quantitative estimate of drug-likeness (QED) is 0.604. The minimum absolute atomic E-state index is 0.169. The second-order valence-corrected chi connectivity index (χ2v) is 9.83. The van der Waals surface area contributed by atoms with Crippen molar-refractivity contribution in [3.05, 3.63) is 88.9 Å². The van der Waals surface area contributed by atoms with Crippen LogP contribution in [0.25, 0.3) is 11.1 Å². The predicted octanol–water partition coefficient (Wildman–Crippen LogP) is 5.03. The molecular weight excluding hydrogens is 416 g/mol. The van der Waals surface area contributed by atoms with E-state index in [1.54, 1.807) is 12.1 Å². The van der Waals surface area contributed by atoms with Gasteiger partial charge in [0.05, 0.1) is 4.90 Å². The van der Waals surface area contributed by atoms with Crippen LogP contribution in [0.5, 0.6) is 0 Å². The monoisotopic (exact) mass is 440 g/mol. The van der Waals surface area contributed by atoms with Crippen molar-refractivity contribution in [3.8, 4) is 11.1 Å². The second kappa shape index (κ2) is 8.90. The Balaban J connectivity index is 1.42. The average Bonchev–Trinajstić information content (AvgIpc) is 2.75. The number of nitrogens with two attached hydrogens (primary N) is 1. The number of halogens is 1. The number of sulfonamides is 1. The van der Waals surface area contributed by atoms with Crippen LogP contribution in [0, 0.1) is 0 Å². The fraction of sp³-hybridized carbons (Fsp3) is 0.250. The maximum absolute atomic E-state index is 11.4. The highest BCUT2D eigenvalue weighted by atomic mass is 35.5. The first kappa shape index (κ1) is 21.1. The SMILES string of the molecule is NS(=O)(=O)c1ccc(C2CCN(Cc3ccccc3-c3ccc(Cl)cc3)CC2)cc1. The molecule has 1 aliphatic heterocycles. The Bertz CT molecular complexity index is 1100. The molecule has 1 saturated heterocycles. The van der Waals surface area contributed by atoms with Gasteiger partial charge >= 0.3 is 0 Å². The number of hydrogen-bond donors (Lipinski definition) is 1. The van der Waals surface area contributed by atoms with Crippen LogP contribution in [0.1, 0.15) is 29.9 Å². The molecule has 0 aromatic heterocycles. The van der Waals surface area contributed by atoms with Gasteiger partial charge in [-0.2, -0.15) is 0 Å². The number of piperidine rings is 1. The van der Waals surface area contributed by atoms with Gasteiger partial charge in [0.25, 0.3) is 0 Å². The summed E-state index contributed by atoms with van der Waals surface area (Å²) in [7, 11) is -3.64. The summed E-state index contributed by atoms with van der Waals surface area (Å²) in [5, 5.41) is 5.94. The van der Waals surface area contributed by atoms with E-state index in [1.807, 2.05) is 24.3 Å². The lowest BCUT2D eigenvalue weighted by atomic mass is 9.89. The summed E-state index contributed by atoms with van der Waals surface area (Å²) in [5.74, 6) is 0.447. The molecule has 0 spiro atoms. The number of rotatable bonds is 5. The lowest BCUT2D eigenvalue weighted by molar-refractivity contribution is 0.205. The molecule has 0 aliphatic carbocycles. The summed E-state index contributed by atoms with van der Waals surface area (Å²) < 4.78 is 22.9. The normalized spacial score (nSPS) is 15.9. The average molecular weight is 441 g/mol. The largest absolute Gasteiger partial charge is 0.299 e. The minimum Gasteiger partial charge on any atom is -0.299 e. The lowest BCUT2D eigenvalue weighted by Gasteiger charge is -2.32. The van der Waals surface area contributed by atoms with Gasteiger partial charge in [0.1, 0.15) is 0 Å². The first-order valence-corrected chi connectivity index (χ1v) is 12.0. The Hall–Kier alpha value is -2.18. The molecule has 2 N–H and O–H groups in total. The Morgan fingerprint density at radius 2 is 1.53 bits per heavy atom. The van der Waals surface area contributed by atoms with Crippen LogP contribution in [0.3, 0.4) is 0 Å². The molecule has 1 fully saturated rings. The first-order valence-electron chi connectivity index (χ1n) is 10.1. The van der Waals surface area contributed by atoms with Gasteiger partial charge in [-0.3, -0.25) is 4.90 Å². The zero-order chi connectivity index (χ0) is 21.1. The maximum atomic E-state index is 11.4. The van der Waals surface area contributed by atoms with Gasteiger partial charge in [-0.25, -0.2) is 13.6 Å². The van der Waals surface area contributed by atoms with Crippen molar-refractivity contribution in [1.82, 2.24) is 4.90 Å². The van der Waals surface area contributed by atoms with Crippen LogP contribution < -0.4 is 5.14 Å². The molecule has 0 radical (unpaired) electrons. The van der Waals surface area contributed by atoms with Gasteiger partial charge in [-0.15, -0.1) is 0 Å². The molecule has 0 amide bonds. The summed E-state index contributed by atoms with van der Waals surface area (Å²) in [6, 6.07) is 23.5. The third-order valence-electron chi connectivity index (χ3n) is 5.83. The molecule has 0 saturated carbocycles. The van der Waals surface area contributed by atoms with E-state index in [9.17, 15) is 8.42 Å². The van der Waals surface area contributed by atoms with Crippen molar-refractivity contribution in [2.24, 2.45) is 5.14 Å². The van der Waals surface area contributed by atoms with Crippen molar-refractivity contribution in [3.63, 3.8) is 0 Å². The topological polar surface area (TPSA) is 63.4 Å². The Morgan fingerprint density at radius 3 is 2.17 bits per heavy atom. The molecule has 0 bridgehead atoms. The number of primary sulfonamides is 1. The molecule has 0 atom stereocenters. The summed E-state index contributed by atoms with van der Waals surface area (Å²) in [5.41, 5.74) is 4.93. The second-order valence-electron chi connectivity index (χ2n) is 7.83. The van der Waals surface area contributed by atoms with E-state index in [0.717, 1.165) is 37.5 Å². The van der Waals surface area contributed by atoms with E-state index in [1.165, 1.54) is 22.3 Å². The zero-order valence-corrected chi connectivity index (χ0v) is 18.2. The Morgan fingerprint density at radius 1 is 0.900 bits per heavy atom. The van der Waals surface area contributed by atoms with E-state index in [4.69, 9.17) is 16.7 Å². The third-order valence-corrected chi connectivity index (χ3v) is 7.02. The molecular formula is C24H25ClN2O2S. The minimum atomic E-state index is -3.64. The summed E-state index contributed by atoms with van der Waals surface area (Å²) in [4.78, 5) is 2.66. The summed E-state index contributed by atoms with van der Waals surface area (Å²) >= 11 is 6.05. The van der Waals surface area contributed by atoms with Gasteiger partial charge in [0.15, 0.2) is 0 Å². The highest BCUT2D eigenvalue weighted by molar-refractivity contribution is 7.89. The van der Waals surface area contributed by atoms with Gasteiger partial charge in [0.2, 0.25) is 10.0 Å². The molecule has 6 heteroatoms. The molecule has 0 unspecified atom stereocenters. The van der Waals surface area contributed by atoms with Crippen molar-refractivity contribution in [2.45, 2.75) is 30.2 Å². The molecule has 1 aliphatic rings. The number of benzene rings is 3. The van der Waals surface area contributed by atoms with Gasteiger partial charge in [-0.05, 0) is 78.4 Å². The maximum Gasteiger partial charge on any atom is 0.238 e.